The van der Waals surface area contributed by atoms with Crippen LogP contribution in [0.3, 0.4) is 0 Å². The van der Waals surface area contributed by atoms with Crippen molar-refractivity contribution in [3.8, 4) is 0 Å². The molecule has 1 heterocycles. The molecule has 1 atom stereocenters. The Bertz CT molecular complexity index is 354. The van der Waals surface area contributed by atoms with Crippen molar-refractivity contribution in [3.63, 3.8) is 0 Å². The maximum absolute atomic E-state index is 12.3. The monoisotopic (exact) mass is 239 g/mol. The van der Waals surface area contributed by atoms with Crippen LogP contribution < -0.4 is 0 Å². The molecule has 0 saturated heterocycles. The van der Waals surface area contributed by atoms with Gasteiger partial charge in [-0.15, -0.1) is 0 Å². The van der Waals surface area contributed by atoms with E-state index < -0.39 is 17.8 Å². The molecule has 1 rings (SSSR count). The third-order valence-electron chi connectivity index (χ3n) is 1.94. The standard InChI is InChI=1S/C9H9ClF3NO/c1-2-7(15)6-3-5(9(11,12)13)4-14-8(6)10/h3-4,7,15H,2H2,1H3. The zero-order chi connectivity index (χ0) is 11.6. The summed E-state index contributed by atoms with van der Waals surface area (Å²) < 4.78 is 36.9. The number of aliphatic hydroxyl groups is 1. The van der Waals surface area contributed by atoms with Gasteiger partial charge in [0.05, 0.1) is 11.7 Å². The molecule has 2 nitrogen and oxygen atoms in total. The Morgan fingerprint density at radius 2 is 2.13 bits per heavy atom. The molecule has 0 saturated carbocycles. The number of hydrogen-bond donors (Lipinski definition) is 1. The van der Waals surface area contributed by atoms with Gasteiger partial charge in [0, 0.05) is 11.8 Å². The molecular formula is C9H9ClF3NO. The van der Waals surface area contributed by atoms with Gasteiger partial charge in [-0.3, -0.25) is 0 Å². The first kappa shape index (κ1) is 12.3. The molecule has 6 heteroatoms. The first-order chi connectivity index (χ1) is 6.86. The summed E-state index contributed by atoms with van der Waals surface area (Å²) in [6.07, 6.45) is -4.57. The number of alkyl halides is 3. The molecule has 15 heavy (non-hydrogen) atoms. The van der Waals surface area contributed by atoms with Gasteiger partial charge in [0.15, 0.2) is 0 Å². The average Bonchev–Trinajstić information content (AvgIpc) is 2.15. The summed E-state index contributed by atoms with van der Waals surface area (Å²) in [6, 6.07) is 0.823. The van der Waals surface area contributed by atoms with Gasteiger partial charge in [0.1, 0.15) is 5.15 Å². The molecule has 0 bridgehead atoms. The molecule has 0 aliphatic rings. The number of hydrogen-bond acceptors (Lipinski definition) is 2. The number of rotatable bonds is 2. The quantitative estimate of drug-likeness (QED) is 0.804. The van der Waals surface area contributed by atoms with Crippen LogP contribution in [-0.4, -0.2) is 10.1 Å². The zero-order valence-electron chi connectivity index (χ0n) is 7.85. The summed E-state index contributed by atoms with van der Waals surface area (Å²) >= 11 is 5.58. The molecular weight excluding hydrogens is 231 g/mol. The second-order valence-electron chi connectivity index (χ2n) is 3.03. The zero-order valence-corrected chi connectivity index (χ0v) is 8.60. The molecule has 0 radical (unpaired) electrons. The number of aliphatic hydroxyl groups excluding tert-OH is 1. The maximum atomic E-state index is 12.3. The molecule has 0 amide bonds. The highest BCUT2D eigenvalue weighted by Crippen LogP contribution is 2.32. The van der Waals surface area contributed by atoms with E-state index in [9.17, 15) is 18.3 Å². The lowest BCUT2D eigenvalue weighted by atomic mass is 10.1. The minimum absolute atomic E-state index is 0.00833. The predicted molar refractivity (Wildman–Crippen MR) is 49.5 cm³/mol. The first-order valence-corrected chi connectivity index (χ1v) is 4.64. The van der Waals surface area contributed by atoms with E-state index in [2.05, 4.69) is 4.98 Å². The van der Waals surface area contributed by atoms with Crippen LogP contribution in [0.1, 0.15) is 30.6 Å². The second-order valence-corrected chi connectivity index (χ2v) is 3.38. The minimum Gasteiger partial charge on any atom is -0.388 e. The minimum atomic E-state index is -4.47. The number of nitrogens with zero attached hydrogens (tertiary/aromatic N) is 1. The van der Waals surface area contributed by atoms with E-state index in [1.54, 1.807) is 6.92 Å². The molecule has 0 spiro atoms. The summed E-state index contributed by atoms with van der Waals surface area (Å²) in [4.78, 5) is 3.40. The van der Waals surface area contributed by atoms with Crippen LogP contribution in [0.4, 0.5) is 13.2 Å². The largest absolute Gasteiger partial charge is 0.417 e. The van der Waals surface area contributed by atoms with Gasteiger partial charge in [-0.05, 0) is 12.5 Å². The van der Waals surface area contributed by atoms with Gasteiger partial charge in [0.25, 0.3) is 0 Å². The van der Waals surface area contributed by atoms with Crippen LogP contribution in [0, 0.1) is 0 Å². The van der Waals surface area contributed by atoms with E-state index >= 15 is 0 Å². The molecule has 1 unspecified atom stereocenters. The van der Waals surface area contributed by atoms with Crippen molar-refractivity contribution in [2.45, 2.75) is 25.6 Å². The third-order valence-corrected chi connectivity index (χ3v) is 2.26. The highest BCUT2D eigenvalue weighted by Gasteiger charge is 2.32. The fourth-order valence-corrected chi connectivity index (χ4v) is 1.30. The van der Waals surface area contributed by atoms with Gasteiger partial charge < -0.3 is 5.11 Å². The van der Waals surface area contributed by atoms with Gasteiger partial charge in [-0.2, -0.15) is 13.2 Å². The fourth-order valence-electron chi connectivity index (χ4n) is 1.07. The lowest BCUT2D eigenvalue weighted by Crippen LogP contribution is -2.08. The van der Waals surface area contributed by atoms with Gasteiger partial charge in [-0.25, -0.2) is 4.98 Å². The normalized spacial score (nSPS) is 14.0. The van der Waals surface area contributed by atoms with Crippen LogP contribution in [-0.2, 0) is 6.18 Å². The number of aromatic nitrogens is 1. The van der Waals surface area contributed by atoms with E-state index in [0.29, 0.717) is 6.20 Å². The number of pyridine rings is 1. The molecule has 0 aliphatic heterocycles. The molecule has 0 aliphatic carbocycles. The Hall–Kier alpha value is -0.810. The van der Waals surface area contributed by atoms with E-state index in [4.69, 9.17) is 11.6 Å². The molecule has 84 valence electrons. The van der Waals surface area contributed by atoms with Crippen molar-refractivity contribution in [2.24, 2.45) is 0 Å². The Balaban J connectivity index is 3.17. The molecule has 0 fully saturated rings. The van der Waals surface area contributed by atoms with Crippen molar-refractivity contribution in [1.82, 2.24) is 4.98 Å². The third kappa shape index (κ3) is 2.82. The van der Waals surface area contributed by atoms with E-state index in [0.717, 1.165) is 6.07 Å². The first-order valence-electron chi connectivity index (χ1n) is 4.27. The fraction of sp³-hybridized carbons (Fsp3) is 0.444. The molecule has 1 aromatic rings. The Morgan fingerprint density at radius 3 is 2.60 bits per heavy atom. The summed E-state index contributed by atoms with van der Waals surface area (Å²) in [5.41, 5.74) is -0.900. The van der Waals surface area contributed by atoms with Crippen LogP contribution in [0.2, 0.25) is 5.15 Å². The Labute approximate surface area is 89.7 Å². The van der Waals surface area contributed by atoms with Crippen molar-refractivity contribution in [2.75, 3.05) is 0 Å². The van der Waals surface area contributed by atoms with Crippen molar-refractivity contribution < 1.29 is 18.3 Å². The van der Waals surface area contributed by atoms with E-state index in [1.165, 1.54) is 0 Å². The molecule has 1 N–H and O–H groups in total. The summed E-state index contributed by atoms with van der Waals surface area (Å²) in [5.74, 6) is 0. The van der Waals surface area contributed by atoms with Crippen molar-refractivity contribution >= 4 is 11.6 Å². The molecule has 0 aromatic carbocycles. The predicted octanol–water partition coefficient (Wildman–Crippen LogP) is 3.20. The van der Waals surface area contributed by atoms with Crippen LogP contribution in [0.15, 0.2) is 12.3 Å². The highest BCUT2D eigenvalue weighted by molar-refractivity contribution is 6.30. The van der Waals surface area contributed by atoms with Crippen LogP contribution in [0.5, 0.6) is 0 Å². The van der Waals surface area contributed by atoms with Crippen molar-refractivity contribution in [3.05, 3.63) is 28.5 Å². The van der Waals surface area contributed by atoms with Crippen LogP contribution >= 0.6 is 11.6 Å². The highest BCUT2D eigenvalue weighted by atomic mass is 35.5. The van der Waals surface area contributed by atoms with Crippen LogP contribution in [0.25, 0.3) is 0 Å². The SMILES string of the molecule is CCC(O)c1cc(C(F)(F)F)cnc1Cl. The lowest BCUT2D eigenvalue weighted by Gasteiger charge is -2.12. The summed E-state index contributed by atoms with van der Waals surface area (Å²) in [6.45, 7) is 1.64. The Morgan fingerprint density at radius 1 is 1.53 bits per heavy atom. The Kier molecular flexibility index (Phi) is 3.57. The topological polar surface area (TPSA) is 33.1 Å². The average molecular weight is 240 g/mol. The van der Waals surface area contributed by atoms with Gasteiger partial charge in [-0.1, -0.05) is 18.5 Å². The maximum Gasteiger partial charge on any atom is 0.417 e. The molecule has 1 aromatic heterocycles. The van der Waals surface area contributed by atoms with E-state index in [1.807, 2.05) is 0 Å². The van der Waals surface area contributed by atoms with Gasteiger partial charge >= 0.3 is 6.18 Å². The van der Waals surface area contributed by atoms with Gasteiger partial charge in [0.2, 0.25) is 0 Å². The van der Waals surface area contributed by atoms with E-state index in [-0.39, 0.29) is 17.1 Å². The summed E-state index contributed by atoms with van der Waals surface area (Å²) in [5, 5.41) is 9.31. The second kappa shape index (κ2) is 4.37. The lowest BCUT2D eigenvalue weighted by molar-refractivity contribution is -0.137. The number of halogens is 4. The smallest absolute Gasteiger partial charge is 0.388 e. The van der Waals surface area contributed by atoms with Crippen molar-refractivity contribution in [1.29, 1.82) is 0 Å². The summed E-state index contributed by atoms with van der Waals surface area (Å²) in [7, 11) is 0.